The van der Waals surface area contributed by atoms with Gasteiger partial charge in [0.2, 0.25) is 0 Å². The van der Waals surface area contributed by atoms with E-state index in [1.807, 2.05) is 56.6 Å². The second-order valence-electron chi connectivity index (χ2n) is 10.2. The summed E-state index contributed by atoms with van der Waals surface area (Å²) in [4.78, 5) is 27.9. The van der Waals surface area contributed by atoms with Gasteiger partial charge in [-0.2, -0.15) is 5.10 Å². The van der Waals surface area contributed by atoms with Gasteiger partial charge in [0.05, 0.1) is 35.9 Å². The fourth-order valence-corrected chi connectivity index (χ4v) is 4.69. The van der Waals surface area contributed by atoms with E-state index < -0.39 is 5.60 Å². The zero-order chi connectivity index (χ0) is 26.7. The molecule has 2 heterocycles. The minimum Gasteiger partial charge on any atom is -0.495 e. The highest BCUT2D eigenvalue weighted by atomic mass is 35.5. The zero-order valence-corrected chi connectivity index (χ0v) is 22.6. The fourth-order valence-electron chi connectivity index (χ4n) is 4.52. The molecule has 2 amide bonds. The molecule has 1 aliphatic rings. The molecule has 0 unspecified atom stereocenters. The third-order valence-corrected chi connectivity index (χ3v) is 6.48. The van der Waals surface area contributed by atoms with Crippen molar-refractivity contribution in [2.24, 2.45) is 0 Å². The monoisotopic (exact) mass is 524 g/mol. The average Bonchev–Trinajstić information content (AvgIpc) is 3.29. The average molecular weight is 525 g/mol. The van der Waals surface area contributed by atoms with Crippen LogP contribution in [0.5, 0.6) is 5.75 Å². The largest absolute Gasteiger partial charge is 0.495 e. The number of carbonyl (C=O) groups is 2. The van der Waals surface area contributed by atoms with Crippen LogP contribution in [-0.4, -0.2) is 52.5 Å². The molecule has 3 aromatic rings. The van der Waals surface area contributed by atoms with Crippen molar-refractivity contribution in [1.82, 2.24) is 14.7 Å². The Bertz CT molecular complexity index is 1290. The molecule has 1 saturated heterocycles. The summed E-state index contributed by atoms with van der Waals surface area (Å²) in [6.45, 7) is 8.65. The summed E-state index contributed by atoms with van der Waals surface area (Å²) >= 11 is 6.17. The zero-order valence-electron chi connectivity index (χ0n) is 21.9. The van der Waals surface area contributed by atoms with Crippen LogP contribution >= 0.6 is 11.6 Å². The van der Waals surface area contributed by atoms with Gasteiger partial charge in [0.25, 0.3) is 5.91 Å². The van der Waals surface area contributed by atoms with Crippen LogP contribution < -0.4 is 10.1 Å². The number of methoxy groups -OCH3 is 1. The summed E-state index contributed by atoms with van der Waals surface area (Å²) in [5.74, 6) is 0.226. The van der Waals surface area contributed by atoms with Crippen molar-refractivity contribution >= 4 is 29.3 Å². The van der Waals surface area contributed by atoms with E-state index in [4.69, 9.17) is 21.1 Å². The Kier molecular flexibility index (Phi) is 7.78. The third-order valence-electron chi connectivity index (χ3n) is 6.24. The molecule has 4 rings (SSSR count). The van der Waals surface area contributed by atoms with Gasteiger partial charge in [-0.3, -0.25) is 4.79 Å². The predicted octanol–water partition coefficient (Wildman–Crippen LogP) is 6.21. The van der Waals surface area contributed by atoms with Crippen LogP contribution in [0.15, 0.2) is 48.7 Å². The van der Waals surface area contributed by atoms with Crippen molar-refractivity contribution in [1.29, 1.82) is 0 Å². The highest BCUT2D eigenvalue weighted by molar-refractivity contribution is 6.31. The van der Waals surface area contributed by atoms with Gasteiger partial charge in [0, 0.05) is 24.0 Å². The lowest BCUT2D eigenvalue weighted by Gasteiger charge is -2.34. The number of nitrogens with zero attached hydrogens (tertiary/aromatic N) is 3. The van der Waals surface area contributed by atoms with E-state index in [0.717, 1.165) is 16.9 Å². The number of aromatic nitrogens is 2. The molecule has 8 nitrogen and oxygen atoms in total. The Labute approximate surface area is 222 Å². The SMILES string of the molecule is COc1ccc(Cl)cc1NC(=O)c1cnn(-c2cccc(C)c2)c1C1CCN(C(=O)OC(C)(C)C)CC1. The third kappa shape index (κ3) is 6.25. The van der Waals surface area contributed by atoms with Crippen molar-refractivity contribution in [3.8, 4) is 11.4 Å². The number of likely N-dealkylation sites (tertiary alicyclic amines) is 1. The summed E-state index contributed by atoms with van der Waals surface area (Å²) in [6.07, 6.45) is 2.64. The highest BCUT2D eigenvalue weighted by Gasteiger charge is 2.32. The minimum atomic E-state index is -0.551. The first kappa shape index (κ1) is 26.5. The Hall–Kier alpha value is -3.52. The molecular formula is C28H33ClN4O4. The molecule has 0 spiro atoms. The maximum atomic E-state index is 13.6. The number of halogens is 1. The second-order valence-corrected chi connectivity index (χ2v) is 10.7. The van der Waals surface area contributed by atoms with Gasteiger partial charge in [0.1, 0.15) is 11.4 Å². The maximum Gasteiger partial charge on any atom is 0.410 e. The molecule has 196 valence electrons. The Balaban J connectivity index is 1.65. The number of hydrogen-bond donors (Lipinski definition) is 1. The number of benzene rings is 2. The number of nitrogens with one attached hydrogen (secondary N) is 1. The number of piperidine rings is 1. The number of aryl methyl sites for hydroxylation is 1. The smallest absolute Gasteiger partial charge is 0.410 e. The van der Waals surface area contributed by atoms with E-state index in [1.165, 1.54) is 0 Å². The lowest BCUT2D eigenvalue weighted by atomic mass is 9.90. The molecular weight excluding hydrogens is 492 g/mol. The summed E-state index contributed by atoms with van der Waals surface area (Å²) in [5.41, 5.74) is 3.18. The minimum absolute atomic E-state index is 0.0173. The van der Waals surface area contributed by atoms with Gasteiger partial charge in [0.15, 0.2) is 0 Å². The number of hydrogen-bond acceptors (Lipinski definition) is 5. The van der Waals surface area contributed by atoms with Crippen molar-refractivity contribution in [2.45, 2.75) is 52.1 Å². The topological polar surface area (TPSA) is 85.7 Å². The van der Waals surface area contributed by atoms with Crippen LogP contribution in [0.2, 0.25) is 5.02 Å². The molecule has 0 bridgehead atoms. The van der Waals surface area contributed by atoms with Crippen LogP contribution in [0.25, 0.3) is 5.69 Å². The van der Waals surface area contributed by atoms with E-state index >= 15 is 0 Å². The molecule has 1 aliphatic heterocycles. The Morgan fingerprint density at radius 3 is 2.49 bits per heavy atom. The van der Waals surface area contributed by atoms with Crippen molar-refractivity contribution in [3.05, 3.63) is 70.5 Å². The standard InChI is InChI=1S/C28H33ClN4O4/c1-18-7-6-8-21(15-18)33-25(19-11-13-32(14-12-19)27(35)37-28(2,3)4)22(17-30-33)26(34)31-23-16-20(29)9-10-24(23)36-5/h6-10,15-17,19H,11-14H2,1-5H3,(H,31,34). The summed E-state index contributed by atoms with van der Waals surface area (Å²) in [6, 6.07) is 13.1. The number of ether oxygens (including phenoxy) is 2. The van der Waals surface area contributed by atoms with E-state index in [1.54, 1.807) is 36.4 Å². The molecule has 37 heavy (non-hydrogen) atoms. The van der Waals surface area contributed by atoms with Gasteiger partial charge in [-0.25, -0.2) is 9.48 Å². The summed E-state index contributed by atoms with van der Waals surface area (Å²) < 4.78 is 12.8. The van der Waals surface area contributed by atoms with E-state index in [2.05, 4.69) is 10.4 Å². The van der Waals surface area contributed by atoms with E-state index in [-0.39, 0.29) is 17.9 Å². The van der Waals surface area contributed by atoms with Gasteiger partial charge >= 0.3 is 6.09 Å². The molecule has 9 heteroatoms. The van der Waals surface area contributed by atoms with Crippen molar-refractivity contribution < 1.29 is 19.1 Å². The Morgan fingerprint density at radius 1 is 1.11 bits per heavy atom. The molecule has 0 aliphatic carbocycles. The summed E-state index contributed by atoms with van der Waals surface area (Å²) in [7, 11) is 1.54. The van der Waals surface area contributed by atoms with Crippen LogP contribution in [0.3, 0.4) is 0 Å². The highest BCUT2D eigenvalue weighted by Crippen LogP contribution is 2.34. The van der Waals surface area contributed by atoms with E-state index in [9.17, 15) is 9.59 Å². The summed E-state index contributed by atoms with van der Waals surface area (Å²) in [5, 5.41) is 8.05. The molecule has 1 aromatic heterocycles. The van der Waals surface area contributed by atoms with Crippen LogP contribution in [0.1, 0.15) is 61.1 Å². The van der Waals surface area contributed by atoms with Gasteiger partial charge in [-0.05, 0) is 76.4 Å². The molecule has 0 atom stereocenters. The van der Waals surface area contributed by atoms with Gasteiger partial charge < -0.3 is 19.7 Å². The van der Waals surface area contributed by atoms with Gasteiger partial charge in [-0.15, -0.1) is 0 Å². The molecule has 1 fully saturated rings. The molecule has 2 aromatic carbocycles. The van der Waals surface area contributed by atoms with Crippen LogP contribution in [0.4, 0.5) is 10.5 Å². The van der Waals surface area contributed by atoms with Crippen LogP contribution in [0, 0.1) is 6.92 Å². The number of carbonyl (C=O) groups excluding carboxylic acids is 2. The lowest BCUT2D eigenvalue weighted by Crippen LogP contribution is -2.41. The van der Waals surface area contributed by atoms with Crippen molar-refractivity contribution in [3.63, 3.8) is 0 Å². The first-order valence-corrected chi connectivity index (χ1v) is 12.7. The normalized spacial score (nSPS) is 14.4. The lowest BCUT2D eigenvalue weighted by molar-refractivity contribution is 0.0203. The van der Waals surface area contributed by atoms with Crippen LogP contribution in [-0.2, 0) is 4.74 Å². The van der Waals surface area contributed by atoms with E-state index in [0.29, 0.717) is 48.0 Å². The fraction of sp³-hybridized carbons (Fsp3) is 0.393. The van der Waals surface area contributed by atoms with Gasteiger partial charge in [-0.1, -0.05) is 23.7 Å². The second kappa shape index (κ2) is 10.8. The number of rotatable bonds is 5. The maximum absolute atomic E-state index is 13.6. The number of anilines is 1. The molecule has 0 saturated carbocycles. The quantitative estimate of drug-likeness (QED) is 0.429. The molecule has 0 radical (unpaired) electrons. The number of amides is 2. The predicted molar refractivity (Wildman–Crippen MR) is 144 cm³/mol. The molecule has 1 N–H and O–H groups in total. The first-order chi connectivity index (χ1) is 17.6. The Morgan fingerprint density at radius 2 is 1.84 bits per heavy atom. The first-order valence-electron chi connectivity index (χ1n) is 12.3. The van der Waals surface area contributed by atoms with Crippen molar-refractivity contribution in [2.75, 3.05) is 25.5 Å².